The Hall–Kier alpha value is -1.36. The molecule has 1 fully saturated rings. The van der Waals surface area contributed by atoms with Crippen LogP contribution in [0.5, 0.6) is 5.88 Å². The van der Waals surface area contributed by atoms with Crippen molar-refractivity contribution in [2.75, 3.05) is 18.5 Å². The largest absolute Gasteiger partial charge is 0.478 e. The first kappa shape index (κ1) is 14.1. The number of aromatic nitrogens is 2. The third kappa shape index (κ3) is 4.67. The van der Waals surface area contributed by atoms with Crippen molar-refractivity contribution in [2.24, 2.45) is 5.92 Å². The van der Waals surface area contributed by atoms with Gasteiger partial charge in [0.15, 0.2) is 0 Å². The molecule has 0 aromatic carbocycles. The molecule has 1 heterocycles. The Morgan fingerprint density at radius 3 is 2.84 bits per heavy atom. The van der Waals surface area contributed by atoms with E-state index in [4.69, 9.17) is 4.74 Å². The average Bonchev–Trinajstić information content (AvgIpc) is 2.45. The molecule has 1 aromatic heterocycles. The number of ether oxygens (including phenoxy) is 1. The molecule has 5 heteroatoms. The van der Waals surface area contributed by atoms with Crippen LogP contribution in [0.2, 0.25) is 0 Å². The van der Waals surface area contributed by atoms with Gasteiger partial charge in [0.1, 0.15) is 12.1 Å². The van der Waals surface area contributed by atoms with Gasteiger partial charge in [-0.3, -0.25) is 0 Å². The minimum absolute atomic E-state index is 0.0932. The summed E-state index contributed by atoms with van der Waals surface area (Å²) in [5.74, 6) is 2.06. The van der Waals surface area contributed by atoms with Gasteiger partial charge in [0, 0.05) is 12.6 Å². The van der Waals surface area contributed by atoms with Crippen LogP contribution in [0.25, 0.3) is 0 Å². The van der Waals surface area contributed by atoms with Gasteiger partial charge in [-0.25, -0.2) is 9.97 Å². The molecule has 5 nitrogen and oxygen atoms in total. The van der Waals surface area contributed by atoms with Crippen LogP contribution in [-0.2, 0) is 0 Å². The van der Waals surface area contributed by atoms with E-state index >= 15 is 0 Å². The number of hydrogen-bond donors (Lipinski definition) is 2. The van der Waals surface area contributed by atoms with Gasteiger partial charge in [-0.05, 0) is 38.0 Å². The Morgan fingerprint density at radius 2 is 2.11 bits per heavy atom. The highest BCUT2D eigenvalue weighted by molar-refractivity contribution is 5.37. The SMILES string of the molecule is CCCOc1cc(NCC2CCC(O)CC2)ncn1. The zero-order chi connectivity index (χ0) is 13.5. The number of hydrogen-bond acceptors (Lipinski definition) is 5. The lowest BCUT2D eigenvalue weighted by Gasteiger charge is -2.25. The van der Waals surface area contributed by atoms with E-state index in [9.17, 15) is 5.11 Å². The van der Waals surface area contributed by atoms with Crippen molar-refractivity contribution >= 4 is 5.82 Å². The third-order valence-electron chi connectivity index (χ3n) is 3.48. The van der Waals surface area contributed by atoms with Gasteiger partial charge in [0.25, 0.3) is 0 Å². The number of aliphatic hydroxyl groups is 1. The normalized spacial score (nSPS) is 23.1. The van der Waals surface area contributed by atoms with Crippen LogP contribution in [0.15, 0.2) is 12.4 Å². The molecule has 0 aliphatic heterocycles. The summed E-state index contributed by atoms with van der Waals surface area (Å²) in [6.07, 6.45) is 6.40. The molecule has 2 rings (SSSR count). The molecule has 0 radical (unpaired) electrons. The molecule has 19 heavy (non-hydrogen) atoms. The molecule has 0 unspecified atom stereocenters. The van der Waals surface area contributed by atoms with Gasteiger partial charge in [0.05, 0.1) is 12.7 Å². The second-order valence-electron chi connectivity index (χ2n) is 5.15. The molecule has 1 aliphatic carbocycles. The van der Waals surface area contributed by atoms with Crippen molar-refractivity contribution in [1.29, 1.82) is 0 Å². The monoisotopic (exact) mass is 265 g/mol. The molecule has 0 saturated heterocycles. The maximum Gasteiger partial charge on any atom is 0.218 e. The van der Waals surface area contributed by atoms with E-state index in [1.54, 1.807) is 0 Å². The molecule has 0 atom stereocenters. The highest BCUT2D eigenvalue weighted by atomic mass is 16.5. The van der Waals surface area contributed by atoms with E-state index in [-0.39, 0.29) is 6.10 Å². The van der Waals surface area contributed by atoms with Crippen molar-refractivity contribution in [3.05, 3.63) is 12.4 Å². The predicted octanol–water partition coefficient (Wildman–Crippen LogP) is 2.23. The van der Waals surface area contributed by atoms with Crippen LogP contribution in [0.3, 0.4) is 0 Å². The second kappa shape index (κ2) is 7.28. The van der Waals surface area contributed by atoms with E-state index in [1.165, 1.54) is 6.33 Å². The summed E-state index contributed by atoms with van der Waals surface area (Å²) in [6, 6.07) is 1.84. The van der Waals surface area contributed by atoms with Crippen LogP contribution in [-0.4, -0.2) is 34.3 Å². The third-order valence-corrected chi connectivity index (χ3v) is 3.48. The van der Waals surface area contributed by atoms with Gasteiger partial charge in [0.2, 0.25) is 5.88 Å². The quantitative estimate of drug-likeness (QED) is 0.825. The number of nitrogens with zero attached hydrogens (tertiary/aromatic N) is 2. The maximum atomic E-state index is 9.47. The molecule has 0 spiro atoms. The predicted molar refractivity (Wildman–Crippen MR) is 74.3 cm³/mol. The van der Waals surface area contributed by atoms with E-state index in [1.807, 2.05) is 6.07 Å². The Labute approximate surface area is 114 Å². The first-order chi connectivity index (χ1) is 9.28. The fourth-order valence-corrected chi connectivity index (χ4v) is 2.32. The maximum absolute atomic E-state index is 9.47. The number of anilines is 1. The zero-order valence-corrected chi connectivity index (χ0v) is 11.5. The summed E-state index contributed by atoms with van der Waals surface area (Å²) >= 11 is 0. The van der Waals surface area contributed by atoms with Crippen molar-refractivity contribution in [3.63, 3.8) is 0 Å². The summed E-state index contributed by atoms with van der Waals surface area (Å²) in [6.45, 7) is 3.64. The molecule has 0 bridgehead atoms. The Morgan fingerprint density at radius 1 is 1.32 bits per heavy atom. The summed E-state index contributed by atoms with van der Waals surface area (Å²) in [5.41, 5.74) is 0. The van der Waals surface area contributed by atoms with Crippen LogP contribution < -0.4 is 10.1 Å². The molecule has 106 valence electrons. The second-order valence-corrected chi connectivity index (χ2v) is 5.15. The fraction of sp³-hybridized carbons (Fsp3) is 0.714. The average molecular weight is 265 g/mol. The lowest BCUT2D eigenvalue weighted by Crippen LogP contribution is -2.23. The van der Waals surface area contributed by atoms with Gasteiger partial charge in [-0.1, -0.05) is 6.92 Å². The van der Waals surface area contributed by atoms with Crippen LogP contribution in [0, 0.1) is 5.92 Å². The van der Waals surface area contributed by atoms with Gasteiger partial charge in [-0.2, -0.15) is 0 Å². The topological polar surface area (TPSA) is 67.3 Å². The number of aliphatic hydroxyl groups excluding tert-OH is 1. The Kier molecular flexibility index (Phi) is 5.39. The number of rotatable bonds is 6. The minimum atomic E-state index is -0.0932. The summed E-state index contributed by atoms with van der Waals surface area (Å²) in [4.78, 5) is 8.27. The van der Waals surface area contributed by atoms with Crippen LogP contribution in [0.4, 0.5) is 5.82 Å². The zero-order valence-electron chi connectivity index (χ0n) is 11.5. The molecular weight excluding hydrogens is 242 g/mol. The smallest absolute Gasteiger partial charge is 0.218 e. The number of nitrogens with one attached hydrogen (secondary N) is 1. The molecular formula is C14H23N3O2. The van der Waals surface area contributed by atoms with Crippen LogP contribution >= 0.6 is 0 Å². The van der Waals surface area contributed by atoms with E-state index < -0.39 is 0 Å². The summed E-state index contributed by atoms with van der Waals surface area (Å²) < 4.78 is 5.48. The summed E-state index contributed by atoms with van der Waals surface area (Å²) in [7, 11) is 0. The first-order valence-corrected chi connectivity index (χ1v) is 7.14. The van der Waals surface area contributed by atoms with E-state index in [0.29, 0.717) is 18.4 Å². The summed E-state index contributed by atoms with van der Waals surface area (Å²) in [5, 5.41) is 12.8. The Bertz CT molecular complexity index is 379. The molecule has 0 amide bonds. The van der Waals surface area contributed by atoms with Crippen molar-refractivity contribution in [3.8, 4) is 5.88 Å². The molecule has 1 saturated carbocycles. The molecule has 1 aromatic rings. The first-order valence-electron chi connectivity index (χ1n) is 7.14. The highest BCUT2D eigenvalue weighted by Crippen LogP contribution is 2.24. The minimum Gasteiger partial charge on any atom is -0.478 e. The lowest BCUT2D eigenvalue weighted by atomic mass is 9.87. The highest BCUT2D eigenvalue weighted by Gasteiger charge is 2.19. The molecule has 1 aliphatic rings. The Balaban J connectivity index is 1.78. The van der Waals surface area contributed by atoms with Crippen molar-refractivity contribution < 1.29 is 9.84 Å². The fourth-order valence-electron chi connectivity index (χ4n) is 2.32. The standard InChI is InChI=1S/C14H23N3O2/c1-2-7-19-14-8-13(16-10-17-14)15-9-11-3-5-12(18)6-4-11/h8,10-12,18H,2-7,9H2,1H3,(H,15,16,17). The van der Waals surface area contributed by atoms with E-state index in [2.05, 4.69) is 22.2 Å². The van der Waals surface area contributed by atoms with Crippen LogP contribution in [0.1, 0.15) is 39.0 Å². The van der Waals surface area contributed by atoms with Gasteiger partial charge < -0.3 is 15.2 Å². The van der Waals surface area contributed by atoms with E-state index in [0.717, 1.165) is 44.5 Å². The van der Waals surface area contributed by atoms with Gasteiger partial charge in [-0.15, -0.1) is 0 Å². The van der Waals surface area contributed by atoms with Crippen molar-refractivity contribution in [2.45, 2.75) is 45.1 Å². The lowest BCUT2D eigenvalue weighted by molar-refractivity contribution is 0.111. The van der Waals surface area contributed by atoms with Crippen molar-refractivity contribution in [1.82, 2.24) is 9.97 Å². The van der Waals surface area contributed by atoms with Gasteiger partial charge >= 0.3 is 0 Å². The molecule has 2 N–H and O–H groups in total.